The summed E-state index contributed by atoms with van der Waals surface area (Å²) >= 11 is 0. The third-order valence-corrected chi connectivity index (χ3v) is 2.49. The van der Waals surface area contributed by atoms with Crippen LogP contribution >= 0.6 is 0 Å². The van der Waals surface area contributed by atoms with Gasteiger partial charge in [-0.15, -0.1) is 0 Å². The molecule has 1 aromatic rings. The Kier molecular flexibility index (Phi) is 2.25. The molecule has 2 rings (SSSR count). The van der Waals surface area contributed by atoms with E-state index in [1.807, 2.05) is 30.1 Å². The summed E-state index contributed by atoms with van der Waals surface area (Å²) < 4.78 is 5.23. The minimum atomic E-state index is 0.174. The molecule has 74 valence electrons. The molecule has 0 radical (unpaired) electrons. The summed E-state index contributed by atoms with van der Waals surface area (Å²) in [6.45, 7) is 1.28. The maximum Gasteiger partial charge on any atom is 0.177 e. The van der Waals surface area contributed by atoms with Crippen LogP contribution in [-0.4, -0.2) is 31.4 Å². The predicted molar refractivity (Wildman–Crippen MR) is 53.7 cm³/mol. The van der Waals surface area contributed by atoms with Crippen LogP contribution in [0.5, 0.6) is 5.75 Å². The first-order valence-corrected chi connectivity index (χ1v) is 4.60. The number of ether oxygens (including phenoxy) is 1. The third kappa shape index (κ3) is 1.40. The van der Waals surface area contributed by atoms with Crippen LogP contribution < -0.4 is 4.74 Å². The molecular formula is C11H13NO2. The topological polar surface area (TPSA) is 29.5 Å². The molecule has 14 heavy (non-hydrogen) atoms. The van der Waals surface area contributed by atoms with E-state index in [1.165, 1.54) is 0 Å². The number of likely N-dealkylation sites (N-methyl/N-ethyl adjacent to an activating group) is 1. The second-order valence-corrected chi connectivity index (χ2v) is 3.58. The summed E-state index contributed by atoms with van der Waals surface area (Å²) in [6.07, 6.45) is 0. The van der Waals surface area contributed by atoms with Crippen LogP contribution in [0.4, 0.5) is 0 Å². The number of nitrogens with zero attached hydrogens (tertiary/aromatic N) is 1. The van der Waals surface area contributed by atoms with E-state index in [4.69, 9.17) is 4.74 Å². The zero-order chi connectivity index (χ0) is 10.1. The van der Waals surface area contributed by atoms with Gasteiger partial charge in [0.1, 0.15) is 5.75 Å². The lowest BCUT2D eigenvalue weighted by Gasteiger charge is -2.25. The third-order valence-electron chi connectivity index (χ3n) is 2.49. The molecule has 1 aliphatic heterocycles. The maximum atomic E-state index is 11.7. The van der Waals surface area contributed by atoms with Crippen molar-refractivity contribution >= 4 is 5.78 Å². The van der Waals surface area contributed by atoms with Gasteiger partial charge in [-0.25, -0.2) is 0 Å². The summed E-state index contributed by atoms with van der Waals surface area (Å²) in [6, 6.07) is 5.62. The normalized spacial score (nSPS) is 16.6. The Hall–Kier alpha value is -1.35. The lowest BCUT2D eigenvalue weighted by molar-refractivity contribution is 0.0921. The maximum absolute atomic E-state index is 11.7. The molecule has 0 aromatic heterocycles. The fraction of sp³-hybridized carbons (Fsp3) is 0.364. The minimum Gasteiger partial charge on any atom is -0.496 e. The Morgan fingerprint density at radius 1 is 1.36 bits per heavy atom. The fourth-order valence-corrected chi connectivity index (χ4v) is 1.84. The van der Waals surface area contributed by atoms with Gasteiger partial charge in [-0.05, 0) is 13.1 Å². The first-order valence-electron chi connectivity index (χ1n) is 4.60. The van der Waals surface area contributed by atoms with Crippen molar-refractivity contribution in [2.45, 2.75) is 6.54 Å². The molecule has 0 unspecified atom stereocenters. The molecule has 0 fully saturated rings. The number of Topliss-reactive ketones (excluding diaryl/α,β-unsaturated/α-hetero) is 1. The molecule has 0 N–H and O–H groups in total. The molecule has 0 amide bonds. The van der Waals surface area contributed by atoms with Crippen LogP contribution in [0, 0.1) is 0 Å². The summed E-state index contributed by atoms with van der Waals surface area (Å²) in [4.78, 5) is 13.7. The van der Waals surface area contributed by atoms with E-state index in [1.54, 1.807) is 7.11 Å². The Morgan fingerprint density at radius 2 is 2.14 bits per heavy atom. The Morgan fingerprint density at radius 3 is 2.86 bits per heavy atom. The lowest BCUT2D eigenvalue weighted by Crippen LogP contribution is -2.32. The second kappa shape index (κ2) is 3.42. The van der Waals surface area contributed by atoms with Gasteiger partial charge in [0.15, 0.2) is 5.78 Å². The largest absolute Gasteiger partial charge is 0.496 e. The number of ketones is 1. The van der Waals surface area contributed by atoms with E-state index in [9.17, 15) is 4.79 Å². The molecule has 3 heteroatoms. The van der Waals surface area contributed by atoms with Gasteiger partial charge in [0.05, 0.1) is 13.7 Å². The van der Waals surface area contributed by atoms with Crippen LogP contribution in [0.15, 0.2) is 18.2 Å². The SMILES string of the molecule is COc1cccc2c1CN(C)CC2=O. The van der Waals surface area contributed by atoms with Crippen molar-refractivity contribution in [3.8, 4) is 5.75 Å². The van der Waals surface area contributed by atoms with Gasteiger partial charge in [0, 0.05) is 17.7 Å². The molecule has 0 atom stereocenters. The Balaban J connectivity index is 2.52. The molecule has 0 spiro atoms. The Bertz CT molecular complexity index is 374. The molecule has 1 aliphatic rings. The minimum absolute atomic E-state index is 0.174. The number of benzene rings is 1. The molecular weight excluding hydrogens is 178 g/mol. The average Bonchev–Trinajstić information content (AvgIpc) is 2.17. The van der Waals surface area contributed by atoms with Gasteiger partial charge >= 0.3 is 0 Å². The van der Waals surface area contributed by atoms with E-state index in [2.05, 4.69) is 0 Å². The number of carbonyl (C=O) groups excluding carboxylic acids is 1. The highest BCUT2D eigenvalue weighted by Gasteiger charge is 2.22. The number of fused-ring (bicyclic) bond motifs is 1. The predicted octanol–water partition coefficient (Wildman–Crippen LogP) is 1.32. The monoisotopic (exact) mass is 191 g/mol. The van der Waals surface area contributed by atoms with E-state index in [0.717, 1.165) is 23.4 Å². The van der Waals surface area contributed by atoms with Crippen LogP contribution in [0.1, 0.15) is 15.9 Å². The van der Waals surface area contributed by atoms with Gasteiger partial charge in [0.25, 0.3) is 0 Å². The van der Waals surface area contributed by atoms with Crippen molar-refractivity contribution in [3.63, 3.8) is 0 Å². The van der Waals surface area contributed by atoms with Crippen molar-refractivity contribution in [2.75, 3.05) is 20.7 Å². The van der Waals surface area contributed by atoms with Crippen molar-refractivity contribution in [2.24, 2.45) is 0 Å². The first-order chi connectivity index (χ1) is 6.72. The fourth-order valence-electron chi connectivity index (χ4n) is 1.84. The molecule has 0 aliphatic carbocycles. The zero-order valence-corrected chi connectivity index (χ0v) is 8.41. The molecule has 3 nitrogen and oxygen atoms in total. The van der Waals surface area contributed by atoms with E-state index in [-0.39, 0.29) is 5.78 Å². The number of hydrogen-bond acceptors (Lipinski definition) is 3. The van der Waals surface area contributed by atoms with Crippen LogP contribution in [0.2, 0.25) is 0 Å². The Labute approximate surface area is 83.3 Å². The van der Waals surface area contributed by atoms with E-state index in [0.29, 0.717) is 6.54 Å². The van der Waals surface area contributed by atoms with Crippen molar-refractivity contribution in [3.05, 3.63) is 29.3 Å². The zero-order valence-electron chi connectivity index (χ0n) is 8.41. The van der Waals surface area contributed by atoms with Gasteiger partial charge in [0.2, 0.25) is 0 Å². The second-order valence-electron chi connectivity index (χ2n) is 3.58. The number of carbonyl (C=O) groups is 1. The smallest absolute Gasteiger partial charge is 0.177 e. The molecule has 0 bridgehead atoms. The molecule has 1 aromatic carbocycles. The van der Waals surface area contributed by atoms with Gasteiger partial charge in [-0.1, -0.05) is 12.1 Å². The van der Waals surface area contributed by atoms with Crippen molar-refractivity contribution < 1.29 is 9.53 Å². The van der Waals surface area contributed by atoms with Gasteiger partial charge in [-0.3, -0.25) is 9.69 Å². The standard InChI is InChI=1S/C11H13NO2/c1-12-6-9-8(10(13)7-12)4-3-5-11(9)14-2/h3-5H,6-7H2,1-2H3. The number of hydrogen-bond donors (Lipinski definition) is 0. The van der Waals surface area contributed by atoms with Crippen LogP contribution in [0.3, 0.4) is 0 Å². The van der Waals surface area contributed by atoms with E-state index >= 15 is 0 Å². The highest BCUT2D eigenvalue weighted by molar-refractivity contribution is 6.00. The highest BCUT2D eigenvalue weighted by Crippen LogP contribution is 2.26. The summed E-state index contributed by atoms with van der Waals surface area (Å²) in [5.41, 5.74) is 1.82. The van der Waals surface area contributed by atoms with Crippen LogP contribution in [0.25, 0.3) is 0 Å². The summed E-state index contributed by atoms with van der Waals surface area (Å²) in [5, 5.41) is 0. The van der Waals surface area contributed by atoms with Gasteiger partial charge < -0.3 is 4.74 Å². The highest BCUT2D eigenvalue weighted by atomic mass is 16.5. The van der Waals surface area contributed by atoms with E-state index < -0.39 is 0 Å². The molecule has 0 saturated heterocycles. The number of rotatable bonds is 1. The van der Waals surface area contributed by atoms with Crippen LogP contribution in [-0.2, 0) is 6.54 Å². The summed E-state index contributed by atoms with van der Waals surface area (Å²) in [5.74, 6) is 0.982. The quantitative estimate of drug-likeness (QED) is 0.670. The summed E-state index contributed by atoms with van der Waals surface area (Å²) in [7, 11) is 3.57. The van der Waals surface area contributed by atoms with Crippen molar-refractivity contribution in [1.82, 2.24) is 4.90 Å². The molecule has 0 saturated carbocycles. The lowest BCUT2D eigenvalue weighted by atomic mass is 9.98. The average molecular weight is 191 g/mol. The van der Waals surface area contributed by atoms with Gasteiger partial charge in [-0.2, -0.15) is 0 Å². The van der Waals surface area contributed by atoms with Crippen molar-refractivity contribution in [1.29, 1.82) is 0 Å². The number of methoxy groups -OCH3 is 1. The first kappa shape index (κ1) is 9.21. The molecule has 1 heterocycles.